The summed E-state index contributed by atoms with van der Waals surface area (Å²) in [5.74, 6) is 0. The summed E-state index contributed by atoms with van der Waals surface area (Å²) in [4.78, 5) is 8.81. The van der Waals surface area contributed by atoms with Crippen LogP contribution in [0.3, 0.4) is 0 Å². The van der Waals surface area contributed by atoms with Crippen LogP contribution in [0.1, 0.15) is 15.4 Å². The van der Waals surface area contributed by atoms with E-state index < -0.39 is 0 Å². The molecule has 0 bridgehead atoms. The summed E-state index contributed by atoms with van der Waals surface area (Å²) in [5, 5.41) is 6.60. The smallest absolute Gasteiger partial charge is 0.0897 e. The average molecular weight is 306 g/mol. The quantitative estimate of drug-likeness (QED) is 0.701. The third kappa shape index (κ3) is 3.03. The van der Waals surface area contributed by atoms with E-state index in [9.17, 15) is 0 Å². The molecule has 2 N–H and O–H groups in total. The van der Waals surface area contributed by atoms with Crippen molar-refractivity contribution in [2.75, 3.05) is 6.54 Å². The Balaban J connectivity index is 1.57. The molecule has 0 unspecified atom stereocenters. The number of halogens is 1. The predicted molar refractivity (Wildman–Crippen MR) is 85.6 cm³/mol. The van der Waals surface area contributed by atoms with E-state index in [0.29, 0.717) is 0 Å². The van der Waals surface area contributed by atoms with E-state index in [2.05, 4.69) is 27.5 Å². The van der Waals surface area contributed by atoms with Gasteiger partial charge >= 0.3 is 0 Å². The summed E-state index contributed by atoms with van der Waals surface area (Å²) < 4.78 is 0. The number of fused-ring (bicyclic) bond motifs is 1. The van der Waals surface area contributed by atoms with E-state index in [0.717, 1.165) is 35.1 Å². The minimum atomic E-state index is 0.768. The van der Waals surface area contributed by atoms with Crippen LogP contribution >= 0.6 is 22.9 Å². The zero-order chi connectivity index (χ0) is 13.9. The van der Waals surface area contributed by atoms with Gasteiger partial charge in [0.05, 0.1) is 5.01 Å². The molecule has 0 radical (unpaired) electrons. The van der Waals surface area contributed by atoms with E-state index in [-0.39, 0.29) is 0 Å². The zero-order valence-electron chi connectivity index (χ0n) is 11.2. The van der Waals surface area contributed by atoms with Crippen LogP contribution < -0.4 is 5.32 Å². The Bertz CT molecular complexity index is 717. The molecule has 5 heteroatoms. The molecule has 0 fully saturated rings. The van der Waals surface area contributed by atoms with Gasteiger partial charge in [0, 0.05) is 39.7 Å². The lowest BCUT2D eigenvalue weighted by molar-refractivity contribution is 0.694. The van der Waals surface area contributed by atoms with E-state index in [1.54, 1.807) is 11.3 Å². The maximum atomic E-state index is 5.99. The number of hydrogen-bond acceptors (Lipinski definition) is 3. The number of nitrogens with zero attached hydrogens (tertiary/aromatic N) is 1. The summed E-state index contributed by atoms with van der Waals surface area (Å²) >= 11 is 7.73. The fourth-order valence-electron chi connectivity index (χ4n) is 2.29. The number of benzene rings is 1. The van der Waals surface area contributed by atoms with Crippen molar-refractivity contribution >= 4 is 33.8 Å². The Kier molecular flexibility index (Phi) is 4.05. The van der Waals surface area contributed by atoms with Crippen LogP contribution in [0.5, 0.6) is 0 Å². The fraction of sp³-hybridized carbons (Fsp3) is 0.267. The Morgan fingerprint density at radius 3 is 3.10 bits per heavy atom. The van der Waals surface area contributed by atoms with Crippen LogP contribution in [0.25, 0.3) is 10.9 Å². The van der Waals surface area contributed by atoms with E-state index in [1.165, 1.54) is 15.8 Å². The number of aromatic amines is 1. The van der Waals surface area contributed by atoms with Crippen molar-refractivity contribution < 1.29 is 0 Å². The number of H-pyrrole nitrogens is 1. The second-order valence-electron chi connectivity index (χ2n) is 4.78. The third-order valence-corrected chi connectivity index (χ3v) is 4.42. The molecular formula is C15H16ClN3S. The lowest BCUT2D eigenvalue weighted by atomic mass is 10.1. The van der Waals surface area contributed by atoms with Crippen molar-refractivity contribution in [2.45, 2.75) is 19.9 Å². The Labute approximate surface area is 127 Å². The molecule has 0 saturated carbocycles. The Hall–Kier alpha value is -1.36. The van der Waals surface area contributed by atoms with Gasteiger partial charge in [0.1, 0.15) is 0 Å². The molecule has 3 nitrogen and oxygen atoms in total. The van der Waals surface area contributed by atoms with Crippen LogP contribution in [-0.2, 0) is 13.0 Å². The van der Waals surface area contributed by atoms with Crippen LogP contribution in [-0.4, -0.2) is 16.5 Å². The number of aryl methyl sites for hydroxylation is 1. The van der Waals surface area contributed by atoms with Gasteiger partial charge in [-0.15, -0.1) is 11.3 Å². The second-order valence-corrected chi connectivity index (χ2v) is 6.53. The standard InChI is InChI=1S/C15H16ClN3S/c1-10-18-9-13(20-10)8-17-5-4-11-7-19-15-6-12(16)2-3-14(11)15/h2-3,6-7,9,17,19H,4-5,8H2,1H3. The molecule has 0 atom stereocenters. The molecule has 20 heavy (non-hydrogen) atoms. The summed E-state index contributed by atoms with van der Waals surface area (Å²) in [5.41, 5.74) is 2.43. The van der Waals surface area contributed by atoms with Crippen molar-refractivity contribution in [1.29, 1.82) is 0 Å². The van der Waals surface area contributed by atoms with Crippen molar-refractivity contribution in [3.63, 3.8) is 0 Å². The van der Waals surface area contributed by atoms with Gasteiger partial charge in [-0.2, -0.15) is 0 Å². The van der Waals surface area contributed by atoms with E-state index in [1.807, 2.05) is 25.3 Å². The van der Waals surface area contributed by atoms with Gasteiger partial charge in [0.25, 0.3) is 0 Å². The molecule has 2 aromatic heterocycles. The second kappa shape index (κ2) is 5.95. The molecule has 0 aliphatic carbocycles. The van der Waals surface area contributed by atoms with Crippen molar-refractivity contribution in [3.05, 3.63) is 51.1 Å². The van der Waals surface area contributed by atoms with Gasteiger partial charge in [0.15, 0.2) is 0 Å². The summed E-state index contributed by atoms with van der Waals surface area (Å²) in [6.07, 6.45) is 5.01. The van der Waals surface area contributed by atoms with Gasteiger partial charge in [-0.3, -0.25) is 0 Å². The molecule has 0 spiro atoms. The SMILES string of the molecule is Cc1ncc(CNCCc2c[nH]c3cc(Cl)ccc23)s1. The molecule has 2 heterocycles. The van der Waals surface area contributed by atoms with Crippen LogP contribution in [0.15, 0.2) is 30.6 Å². The number of nitrogens with one attached hydrogen (secondary N) is 2. The molecule has 0 saturated heterocycles. The maximum absolute atomic E-state index is 5.99. The van der Waals surface area contributed by atoms with Crippen LogP contribution in [0, 0.1) is 6.92 Å². The zero-order valence-corrected chi connectivity index (χ0v) is 12.8. The highest BCUT2D eigenvalue weighted by molar-refractivity contribution is 7.11. The van der Waals surface area contributed by atoms with Gasteiger partial charge in [-0.1, -0.05) is 17.7 Å². The molecule has 0 aliphatic rings. The van der Waals surface area contributed by atoms with E-state index in [4.69, 9.17) is 11.6 Å². The molecule has 0 amide bonds. The summed E-state index contributed by atoms with van der Waals surface area (Å²) in [7, 11) is 0. The van der Waals surface area contributed by atoms with Gasteiger partial charge in [0.2, 0.25) is 0 Å². The first-order valence-electron chi connectivity index (χ1n) is 6.60. The molecular weight excluding hydrogens is 290 g/mol. The number of thiazole rings is 1. The van der Waals surface area contributed by atoms with Crippen LogP contribution in [0.2, 0.25) is 5.02 Å². The molecule has 3 aromatic rings. The summed E-state index contributed by atoms with van der Waals surface area (Å²) in [6.45, 7) is 3.87. The van der Waals surface area contributed by atoms with Gasteiger partial charge < -0.3 is 10.3 Å². The van der Waals surface area contributed by atoms with E-state index >= 15 is 0 Å². The highest BCUT2D eigenvalue weighted by atomic mass is 35.5. The first kappa shape index (κ1) is 13.6. The normalized spacial score (nSPS) is 11.3. The first-order valence-corrected chi connectivity index (χ1v) is 7.79. The van der Waals surface area contributed by atoms with Crippen LogP contribution in [0.4, 0.5) is 0 Å². The molecule has 1 aromatic carbocycles. The van der Waals surface area contributed by atoms with Crippen molar-refractivity contribution in [3.8, 4) is 0 Å². The lowest BCUT2D eigenvalue weighted by Crippen LogP contribution is -2.15. The third-order valence-electron chi connectivity index (χ3n) is 3.27. The Morgan fingerprint density at radius 2 is 2.30 bits per heavy atom. The fourth-order valence-corrected chi connectivity index (χ4v) is 3.22. The predicted octanol–water partition coefficient (Wildman–Crippen LogP) is 3.92. The minimum Gasteiger partial charge on any atom is -0.361 e. The largest absolute Gasteiger partial charge is 0.361 e. The number of rotatable bonds is 5. The summed E-state index contributed by atoms with van der Waals surface area (Å²) in [6, 6.07) is 5.98. The van der Waals surface area contributed by atoms with Gasteiger partial charge in [-0.25, -0.2) is 4.98 Å². The monoisotopic (exact) mass is 305 g/mol. The molecule has 0 aliphatic heterocycles. The maximum Gasteiger partial charge on any atom is 0.0897 e. The highest BCUT2D eigenvalue weighted by Gasteiger charge is 2.04. The highest BCUT2D eigenvalue weighted by Crippen LogP contribution is 2.22. The van der Waals surface area contributed by atoms with Gasteiger partial charge in [-0.05, 0) is 37.6 Å². The molecule has 104 valence electrons. The Morgan fingerprint density at radius 1 is 1.40 bits per heavy atom. The average Bonchev–Trinajstić information content (AvgIpc) is 3.01. The minimum absolute atomic E-state index is 0.768. The number of hydrogen-bond donors (Lipinski definition) is 2. The topological polar surface area (TPSA) is 40.7 Å². The first-order chi connectivity index (χ1) is 9.72. The van der Waals surface area contributed by atoms with Crippen molar-refractivity contribution in [1.82, 2.24) is 15.3 Å². The van der Waals surface area contributed by atoms with Crippen molar-refractivity contribution in [2.24, 2.45) is 0 Å². The molecule has 3 rings (SSSR count). The lowest BCUT2D eigenvalue weighted by Gasteiger charge is -2.02. The number of aromatic nitrogens is 2.